The number of para-hydroxylation sites is 1. The Hall–Kier alpha value is -2.86. The molecule has 0 saturated carbocycles. The summed E-state index contributed by atoms with van der Waals surface area (Å²) >= 11 is 0. The van der Waals surface area contributed by atoms with E-state index in [0.717, 1.165) is 5.69 Å². The Bertz CT molecular complexity index is 969. The standard InChI is InChI=1S/C20H21N3O2S/c1-15(2)18-10-6-7-11-19(18)22-20-13-12-16(14-21-20)23-26(24,25)17-8-4-3-5-9-17/h3-15,23H,1-2H3,(H,21,22). The van der Waals surface area contributed by atoms with E-state index in [4.69, 9.17) is 0 Å². The molecule has 3 rings (SSSR count). The van der Waals surface area contributed by atoms with E-state index in [0.29, 0.717) is 17.4 Å². The predicted octanol–water partition coefficient (Wildman–Crippen LogP) is 4.75. The van der Waals surface area contributed by atoms with Crippen LogP contribution in [0.25, 0.3) is 0 Å². The van der Waals surface area contributed by atoms with E-state index >= 15 is 0 Å². The first-order valence-electron chi connectivity index (χ1n) is 8.35. The van der Waals surface area contributed by atoms with E-state index in [-0.39, 0.29) is 4.90 Å². The Morgan fingerprint density at radius 2 is 1.58 bits per heavy atom. The van der Waals surface area contributed by atoms with Crippen LogP contribution in [0.1, 0.15) is 25.3 Å². The van der Waals surface area contributed by atoms with E-state index in [9.17, 15) is 8.42 Å². The summed E-state index contributed by atoms with van der Waals surface area (Å²) in [5, 5.41) is 3.29. The molecule has 0 fully saturated rings. The van der Waals surface area contributed by atoms with Crippen molar-refractivity contribution >= 4 is 27.2 Å². The zero-order valence-corrected chi connectivity index (χ0v) is 15.5. The molecule has 0 radical (unpaired) electrons. The second-order valence-corrected chi connectivity index (χ2v) is 7.90. The highest BCUT2D eigenvalue weighted by Gasteiger charge is 2.13. The molecule has 0 aliphatic heterocycles. The van der Waals surface area contributed by atoms with Crippen LogP contribution in [0.5, 0.6) is 0 Å². The summed E-state index contributed by atoms with van der Waals surface area (Å²) in [5.41, 5.74) is 2.60. The van der Waals surface area contributed by atoms with Gasteiger partial charge in [0.15, 0.2) is 0 Å². The average Bonchev–Trinajstić information content (AvgIpc) is 2.64. The largest absolute Gasteiger partial charge is 0.340 e. The zero-order valence-electron chi connectivity index (χ0n) is 14.7. The highest BCUT2D eigenvalue weighted by Crippen LogP contribution is 2.26. The van der Waals surface area contributed by atoms with Gasteiger partial charge in [0.1, 0.15) is 5.82 Å². The van der Waals surface area contributed by atoms with Crippen LogP contribution in [0.2, 0.25) is 0 Å². The molecule has 0 amide bonds. The summed E-state index contributed by atoms with van der Waals surface area (Å²) in [6, 6.07) is 19.7. The molecule has 2 N–H and O–H groups in total. The molecule has 1 aromatic heterocycles. The van der Waals surface area contributed by atoms with Crippen molar-refractivity contribution in [2.45, 2.75) is 24.7 Å². The summed E-state index contributed by atoms with van der Waals surface area (Å²) in [6.45, 7) is 4.27. The number of pyridine rings is 1. The molecular weight excluding hydrogens is 346 g/mol. The second-order valence-electron chi connectivity index (χ2n) is 6.22. The minimum atomic E-state index is -3.61. The Morgan fingerprint density at radius 3 is 2.23 bits per heavy atom. The number of sulfonamides is 1. The lowest BCUT2D eigenvalue weighted by molar-refractivity contribution is 0.601. The lowest BCUT2D eigenvalue weighted by atomic mass is 10.0. The number of anilines is 3. The van der Waals surface area contributed by atoms with Crippen LogP contribution in [-0.2, 0) is 10.0 Å². The molecule has 5 nitrogen and oxygen atoms in total. The van der Waals surface area contributed by atoms with Crippen molar-refractivity contribution in [2.75, 3.05) is 10.0 Å². The molecule has 2 aromatic carbocycles. The summed E-state index contributed by atoms with van der Waals surface area (Å²) < 4.78 is 27.2. The van der Waals surface area contributed by atoms with Crippen molar-refractivity contribution in [3.63, 3.8) is 0 Å². The molecule has 26 heavy (non-hydrogen) atoms. The smallest absolute Gasteiger partial charge is 0.261 e. The third-order valence-corrected chi connectivity index (χ3v) is 5.31. The molecule has 1 heterocycles. The molecule has 0 atom stereocenters. The second kappa shape index (κ2) is 7.58. The number of benzene rings is 2. The van der Waals surface area contributed by atoms with Crippen LogP contribution in [0, 0.1) is 0 Å². The van der Waals surface area contributed by atoms with Crippen LogP contribution < -0.4 is 10.0 Å². The van der Waals surface area contributed by atoms with Crippen molar-refractivity contribution in [3.8, 4) is 0 Å². The number of rotatable bonds is 6. The summed E-state index contributed by atoms with van der Waals surface area (Å²) in [6.07, 6.45) is 1.50. The third kappa shape index (κ3) is 4.21. The Labute approximate surface area is 154 Å². The maximum absolute atomic E-state index is 12.3. The molecular formula is C20H21N3O2S. The van der Waals surface area contributed by atoms with Crippen molar-refractivity contribution in [2.24, 2.45) is 0 Å². The summed E-state index contributed by atoms with van der Waals surface area (Å²) in [5.74, 6) is 1.04. The van der Waals surface area contributed by atoms with Crippen LogP contribution in [-0.4, -0.2) is 13.4 Å². The van der Waals surface area contributed by atoms with Gasteiger partial charge in [0.05, 0.1) is 16.8 Å². The van der Waals surface area contributed by atoms with Gasteiger partial charge < -0.3 is 5.32 Å². The highest BCUT2D eigenvalue weighted by atomic mass is 32.2. The fraction of sp³-hybridized carbons (Fsp3) is 0.150. The van der Waals surface area contributed by atoms with Gasteiger partial charge in [-0.15, -0.1) is 0 Å². The molecule has 0 unspecified atom stereocenters. The van der Waals surface area contributed by atoms with Gasteiger partial charge in [-0.25, -0.2) is 13.4 Å². The highest BCUT2D eigenvalue weighted by molar-refractivity contribution is 7.92. The van der Waals surface area contributed by atoms with E-state index in [1.54, 1.807) is 42.5 Å². The lowest BCUT2D eigenvalue weighted by Crippen LogP contribution is -2.13. The van der Waals surface area contributed by atoms with Gasteiger partial charge in [-0.05, 0) is 41.8 Å². The third-order valence-electron chi connectivity index (χ3n) is 3.91. The predicted molar refractivity (Wildman–Crippen MR) is 105 cm³/mol. The first-order valence-corrected chi connectivity index (χ1v) is 9.84. The summed E-state index contributed by atoms with van der Waals surface area (Å²) in [4.78, 5) is 4.53. The fourth-order valence-corrected chi connectivity index (χ4v) is 3.66. The van der Waals surface area contributed by atoms with Crippen molar-refractivity contribution < 1.29 is 8.42 Å². The van der Waals surface area contributed by atoms with Gasteiger partial charge in [-0.2, -0.15) is 0 Å². The molecule has 6 heteroatoms. The van der Waals surface area contributed by atoms with Gasteiger partial charge >= 0.3 is 0 Å². The molecule has 0 bridgehead atoms. The minimum Gasteiger partial charge on any atom is -0.340 e. The Morgan fingerprint density at radius 1 is 0.885 bits per heavy atom. The van der Waals surface area contributed by atoms with Crippen molar-refractivity contribution in [1.82, 2.24) is 4.98 Å². The lowest BCUT2D eigenvalue weighted by Gasteiger charge is -2.14. The van der Waals surface area contributed by atoms with Crippen LogP contribution in [0.4, 0.5) is 17.2 Å². The number of hydrogen-bond acceptors (Lipinski definition) is 4. The maximum atomic E-state index is 12.3. The van der Waals surface area contributed by atoms with E-state index < -0.39 is 10.0 Å². The molecule has 0 aliphatic carbocycles. The number of hydrogen-bond donors (Lipinski definition) is 2. The quantitative estimate of drug-likeness (QED) is 0.659. The number of aromatic nitrogens is 1. The topological polar surface area (TPSA) is 71.1 Å². The monoisotopic (exact) mass is 367 g/mol. The van der Waals surface area contributed by atoms with E-state index in [1.165, 1.54) is 11.8 Å². The van der Waals surface area contributed by atoms with Gasteiger partial charge in [0.2, 0.25) is 0 Å². The maximum Gasteiger partial charge on any atom is 0.261 e. The average molecular weight is 367 g/mol. The van der Waals surface area contributed by atoms with Crippen LogP contribution in [0.15, 0.2) is 77.8 Å². The zero-order chi connectivity index (χ0) is 18.6. The molecule has 0 aliphatic rings. The first-order chi connectivity index (χ1) is 12.5. The van der Waals surface area contributed by atoms with Gasteiger partial charge in [-0.3, -0.25) is 4.72 Å². The first kappa shape index (κ1) is 17.9. The normalized spacial score (nSPS) is 11.3. The van der Waals surface area contributed by atoms with Gasteiger partial charge in [-0.1, -0.05) is 50.2 Å². The minimum absolute atomic E-state index is 0.216. The van der Waals surface area contributed by atoms with E-state index in [2.05, 4.69) is 34.9 Å². The Kier molecular flexibility index (Phi) is 5.23. The Balaban J connectivity index is 1.76. The number of nitrogens with zero attached hydrogens (tertiary/aromatic N) is 1. The molecule has 0 saturated heterocycles. The van der Waals surface area contributed by atoms with Crippen molar-refractivity contribution in [1.29, 1.82) is 0 Å². The number of nitrogens with one attached hydrogen (secondary N) is 2. The fourth-order valence-electron chi connectivity index (χ4n) is 2.59. The SMILES string of the molecule is CC(C)c1ccccc1Nc1ccc(NS(=O)(=O)c2ccccc2)cn1. The summed E-state index contributed by atoms with van der Waals surface area (Å²) in [7, 11) is -3.61. The van der Waals surface area contributed by atoms with Crippen LogP contribution in [0.3, 0.4) is 0 Å². The molecule has 0 spiro atoms. The van der Waals surface area contributed by atoms with Crippen molar-refractivity contribution in [3.05, 3.63) is 78.5 Å². The van der Waals surface area contributed by atoms with Crippen LogP contribution >= 0.6 is 0 Å². The molecule has 134 valence electrons. The van der Waals surface area contributed by atoms with Gasteiger partial charge in [0, 0.05) is 5.69 Å². The van der Waals surface area contributed by atoms with E-state index in [1.807, 2.05) is 18.2 Å². The molecule has 3 aromatic rings. The van der Waals surface area contributed by atoms with Gasteiger partial charge in [0.25, 0.3) is 10.0 Å².